The van der Waals surface area contributed by atoms with Gasteiger partial charge < -0.3 is 14.7 Å². The fraction of sp³-hybridized carbons (Fsp3) is 0.786. The highest BCUT2D eigenvalue weighted by Crippen LogP contribution is 2.12. The van der Waals surface area contributed by atoms with Crippen molar-refractivity contribution in [3.05, 3.63) is 17.0 Å². The zero-order valence-corrected chi connectivity index (χ0v) is 11.8. The second kappa shape index (κ2) is 6.34. The second-order valence-corrected chi connectivity index (χ2v) is 5.45. The van der Waals surface area contributed by atoms with Gasteiger partial charge in [-0.15, -0.1) is 0 Å². The Bertz CT molecular complexity index is 350. The van der Waals surface area contributed by atoms with Crippen molar-refractivity contribution in [1.29, 1.82) is 0 Å². The zero-order chi connectivity index (χ0) is 13.0. The Kier molecular flexibility index (Phi) is 4.78. The summed E-state index contributed by atoms with van der Waals surface area (Å²) in [6, 6.07) is 0.511. The molecule has 1 aliphatic rings. The van der Waals surface area contributed by atoms with Gasteiger partial charge in [0, 0.05) is 24.7 Å². The monoisotopic (exact) mass is 251 g/mol. The van der Waals surface area contributed by atoms with E-state index >= 15 is 0 Å². The Morgan fingerprint density at radius 3 is 2.61 bits per heavy atom. The molecule has 18 heavy (non-hydrogen) atoms. The maximum atomic E-state index is 5.18. The van der Waals surface area contributed by atoms with E-state index in [0.717, 1.165) is 24.5 Å². The van der Waals surface area contributed by atoms with Crippen LogP contribution in [0.3, 0.4) is 0 Å². The van der Waals surface area contributed by atoms with Crippen LogP contribution < -0.4 is 5.32 Å². The quantitative estimate of drug-likeness (QED) is 0.871. The summed E-state index contributed by atoms with van der Waals surface area (Å²) >= 11 is 0. The molecule has 1 aromatic rings. The van der Waals surface area contributed by atoms with Crippen molar-refractivity contribution in [2.24, 2.45) is 0 Å². The smallest absolute Gasteiger partial charge is 0.138 e. The molecule has 0 radical (unpaired) electrons. The number of piperidine rings is 1. The first kappa shape index (κ1) is 13.6. The molecule has 102 valence electrons. The third-order valence-electron chi connectivity index (χ3n) is 3.79. The number of likely N-dealkylation sites (tertiary alicyclic amines) is 1. The predicted octanol–water partition coefficient (Wildman–Crippen LogP) is 2.26. The van der Waals surface area contributed by atoms with Gasteiger partial charge in [-0.3, -0.25) is 0 Å². The van der Waals surface area contributed by atoms with Crippen LogP contribution in [0.2, 0.25) is 0 Å². The minimum absolute atomic E-state index is 0.511. The van der Waals surface area contributed by atoms with E-state index in [1.54, 1.807) is 0 Å². The Balaban J connectivity index is 1.75. The molecule has 0 aliphatic carbocycles. The van der Waals surface area contributed by atoms with Crippen molar-refractivity contribution in [3.8, 4) is 0 Å². The van der Waals surface area contributed by atoms with Gasteiger partial charge in [-0.1, -0.05) is 11.6 Å². The number of nitrogens with one attached hydrogen (secondary N) is 1. The molecule has 1 atom stereocenters. The van der Waals surface area contributed by atoms with Gasteiger partial charge in [-0.2, -0.15) is 0 Å². The van der Waals surface area contributed by atoms with Crippen molar-refractivity contribution < 1.29 is 4.52 Å². The fourth-order valence-electron chi connectivity index (χ4n) is 2.62. The van der Waals surface area contributed by atoms with Gasteiger partial charge in [0.25, 0.3) is 0 Å². The van der Waals surface area contributed by atoms with Crippen LogP contribution in [0.25, 0.3) is 0 Å². The van der Waals surface area contributed by atoms with E-state index < -0.39 is 0 Å². The van der Waals surface area contributed by atoms with Crippen molar-refractivity contribution in [2.75, 3.05) is 19.6 Å². The largest absolute Gasteiger partial charge is 0.361 e. The van der Waals surface area contributed by atoms with Gasteiger partial charge in [0.1, 0.15) is 5.76 Å². The van der Waals surface area contributed by atoms with Gasteiger partial charge in [-0.05, 0) is 46.7 Å². The number of aryl methyl sites for hydroxylation is 2. The van der Waals surface area contributed by atoms with Crippen LogP contribution in [-0.4, -0.2) is 35.7 Å². The number of rotatable bonds is 5. The molecule has 1 saturated heterocycles. The van der Waals surface area contributed by atoms with Crippen LogP contribution >= 0.6 is 0 Å². The third-order valence-corrected chi connectivity index (χ3v) is 3.79. The lowest BCUT2D eigenvalue weighted by atomic mass is 10.1. The van der Waals surface area contributed by atoms with Crippen LogP contribution in [0.15, 0.2) is 4.52 Å². The first-order valence-corrected chi connectivity index (χ1v) is 7.04. The molecule has 0 saturated carbocycles. The molecule has 1 fully saturated rings. The summed E-state index contributed by atoms with van der Waals surface area (Å²) in [5, 5.41) is 7.56. The van der Waals surface area contributed by atoms with Crippen LogP contribution in [0.4, 0.5) is 0 Å². The SMILES string of the molecule is Cc1noc(C)c1CNC(C)CN1CCCCC1. The predicted molar refractivity (Wildman–Crippen MR) is 72.6 cm³/mol. The molecule has 0 bridgehead atoms. The minimum atomic E-state index is 0.511. The molecular weight excluding hydrogens is 226 g/mol. The van der Waals surface area contributed by atoms with E-state index in [0.29, 0.717) is 6.04 Å². The molecule has 0 spiro atoms. The maximum absolute atomic E-state index is 5.18. The number of hydrogen-bond acceptors (Lipinski definition) is 4. The van der Waals surface area contributed by atoms with Gasteiger partial charge in [-0.25, -0.2) is 0 Å². The van der Waals surface area contributed by atoms with Crippen molar-refractivity contribution in [1.82, 2.24) is 15.4 Å². The molecule has 1 unspecified atom stereocenters. The maximum Gasteiger partial charge on any atom is 0.138 e. The zero-order valence-electron chi connectivity index (χ0n) is 11.8. The second-order valence-electron chi connectivity index (χ2n) is 5.45. The Hall–Kier alpha value is -0.870. The Morgan fingerprint density at radius 1 is 1.28 bits per heavy atom. The van der Waals surface area contributed by atoms with Crippen LogP contribution in [0, 0.1) is 13.8 Å². The van der Waals surface area contributed by atoms with E-state index in [2.05, 4.69) is 22.3 Å². The number of nitrogens with zero attached hydrogens (tertiary/aromatic N) is 2. The summed E-state index contributed by atoms with van der Waals surface area (Å²) in [5.74, 6) is 0.935. The fourth-order valence-corrected chi connectivity index (χ4v) is 2.62. The molecule has 1 N–H and O–H groups in total. The Morgan fingerprint density at radius 2 is 2.00 bits per heavy atom. The standard InChI is InChI=1S/C14H25N3O/c1-11(10-17-7-5-4-6-8-17)15-9-14-12(2)16-18-13(14)3/h11,15H,4-10H2,1-3H3. The highest BCUT2D eigenvalue weighted by molar-refractivity contribution is 5.20. The van der Waals surface area contributed by atoms with Crippen molar-refractivity contribution in [3.63, 3.8) is 0 Å². The molecule has 1 aromatic heterocycles. The molecule has 0 aromatic carbocycles. The van der Waals surface area contributed by atoms with E-state index in [-0.39, 0.29) is 0 Å². The number of hydrogen-bond donors (Lipinski definition) is 1. The lowest BCUT2D eigenvalue weighted by molar-refractivity contribution is 0.209. The first-order chi connectivity index (χ1) is 8.66. The van der Waals surface area contributed by atoms with E-state index in [1.165, 1.54) is 37.9 Å². The highest BCUT2D eigenvalue weighted by Gasteiger charge is 2.14. The van der Waals surface area contributed by atoms with E-state index in [4.69, 9.17) is 4.52 Å². The summed E-state index contributed by atoms with van der Waals surface area (Å²) in [4.78, 5) is 2.56. The van der Waals surface area contributed by atoms with Gasteiger partial charge in [0.2, 0.25) is 0 Å². The summed E-state index contributed by atoms with van der Waals surface area (Å²) in [6.07, 6.45) is 4.12. The van der Waals surface area contributed by atoms with Crippen molar-refractivity contribution >= 4 is 0 Å². The van der Waals surface area contributed by atoms with Crippen LogP contribution in [0.1, 0.15) is 43.2 Å². The summed E-state index contributed by atoms with van der Waals surface area (Å²) in [7, 11) is 0. The van der Waals surface area contributed by atoms with Gasteiger partial charge in [0.15, 0.2) is 0 Å². The molecule has 1 aliphatic heterocycles. The molecule has 4 heteroatoms. The Labute approximate surface area is 110 Å². The summed E-state index contributed by atoms with van der Waals surface area (Å²) in [6.45, 7) is 10.8. The average Bonchev–Trinajstić information content (AvgIpc) is 2.68. The van der Waals surface area contributed by atoms with Crippen molar-refractivity contribution in [2.45, 2.75) is 52.6 Å². The topological polar surface area (TPSA) is 41.3 Å². The normalized spacial score (nSPS) is 19.1. The van der Waals surface area contributed by atoms with Crippen LogP contribution in [-0.2, 0) is 6.54 Å². The lowest BCUT2D eigenvalue weighted by Gasteiger charge is -2.29. The van der Waals surface area contributed by atoms with Crippen LogP contribution in [0.5, 0.6) is 0 Å². The summed E-state index contributed by atoms with van der Waals surface area (Å²) < 4.78 is 5.18. The molecule has 2 heterocycles. The lowest BCUT2D eigenvalue weighted by Crippen LogP contribution is -2.41. The minimum Gasteiger partial charge on any atom is -0.361 e. The van der Waals surface area contributed by atoms with E-state index in [1.807, 2.05) is 13.8 Å². The third kappa shape index (κ3) is 3.56. The average molecular weight is 251 g/mol. The van der Waals surface area contributed by atoms with E-state index in [9.17, 15) is 0 Å². The molecule has 0 amide bonds. The summed E-state index contributed by atoms with van der Waals surface area (Å²) in [5.41, 5.74) is 2.21. The highest BCUT2D eigenvalue weighted by atomic mass is 16.5. The molecular formula is C14H25N3O. The van der Waals surface area contributed by atoms with Gasteiger partial charge in [0.05, 0.1) is 5.69 Å². The first-order valence-electron chi connectivity index (χ1n) is 7.04. The number of aromatic nitrogens is 1. The molecule has 4 nitrogen and oxygen atoms in total. The van der Waals surface area contributed by atoms with Gasteiger partial charge >= 0.3 is 0 Å². The molecule has 2 rings (SSSR count).